The van der Waals surface area contributed by atoms with E-state index in [2.05, 4.69) is 27.7 Å². The first-order chi connectivity index (χ1) is 9.60. The number of rotatable bonds is 5. The van der Waals surface area contributed by atoms with Gasteiger partial charge in [-0.3, -0.25) is 10.1 Å². The number of piperidine rings is 1. The van der Waals surface area contributed by atoms with Gasteiger partial charge in [-0.1, -0.05) is 6.42 Å². The predicted molar refractivity (Wildman–Crippen MR) is 77.5 cm³/mol. The second-order valence-corrected chi connectivity index (χ2v) is 5.01. The zero-order valence-electron chi connectivity index (χ0n) is 11.5. The Morgan fingerprint density at radius 2 is 2.25 bits per heavy atom. The second kappa shape index (κ2) is 6.49. The van der Waals surface area contributed by atoms with Crippen LogP contribution in [-0.2, 0) is 0 Å². The molecule has 0 spiro atoms. The van der Waals surface area contributed by atoms with Crippen LogP contribution in [0.2, 0.25) is 0 Å². The zero-order valence-corrected chi connectivity index (χ0v) is 11.5. The van der Waals surface area contributed by atoms with Crippen LogP contribution in [0.4, 0.5) is 17.3 Å². The molecule has 1 fully saturated rings. The van der Waals surface area contributed by atoms with Gasteiger partial charge < -0.3 is 15.6 Å². The summed E-state index contributed by atoms with van der Waals surface area (Å²) in [5.74, 6) is 6.02. The molecule has 110 valence electrons. The lowest BCUT2D eigenvalue weighted by atomic mass is 10.0. The highest BCUT2D eigenvalue weighted by Crippen LogP contribution is 2.21. The molecule has 0 bridgehead atoms. The molecule has 1 aliphatic heterocycles. The Morgan fingerprint density at radius 3 is 2.90 bits per heavy atom. The number of hydrazine groups is 1. The lowest BCUT2D eigenvalue weighted by Gasteiger charge is -2.32. The molecule has 0 radical (unpaired) electrons. The highest BCUT2D eigenvalue weighted by atomic mass is 16.6. The summed E-state index contributed by atoms with van der Waals surface area (Å²) >= 11 is 0. The molecule has 1 atom stereocenters. The van der Waals surface area contributed by atoms with Crippen LogP contribution in [0.3, 0.4) is 0 Å². The molecule has 0 saturated carbocycles. The Morgan fingerprint density at radius 1 is 1.50 bits per heavy atom. The predicted octanol–water partition coefficient (Wildman–Crippen LogP) is 1.17. The van der Waals surface area contributed by atoms with E-state index in [0.717, 1.165) is 13.0 Å². The number of hydrogen-bond donors (Lipinski definition) is 3. The van der Waals surface area contributed by atoms with Crippen LogP contribution in [0.15, 0.2) is 12.1 Å². The zero-order chi connectivity index (χ0) is 14.5. The third kappa shape index (κ3) is 3.55. The average Bonchev–Trinajstić information content (AvgIpc) is 2.46. The van der Waals surface area contributed by atoms with E-state index in [1.165, 1.54) is 25.0 Å². The van der Waals surface area contributed by atoms with Crippen molar-refractivity contribution in [3.63, 3.8) is 0 Å². The van der Waals surface area contributed by atoms with Crippen molar-refractivity contribution in [3.8, 4) is 0 Å². The Labute approximate surface area is 117 Å². The molecule has 0 amide bonds. The number of hydrogen-bond acceptors (Lipinski definition) is 7. The normalized spacial score (nSPS) is 19.6. The van der Waals surface area contributed by atoms with E-state index >= 15 is 0 Å². The van der Waals surface area contributed by atoms with Crippen molar-refractivity contribution in [2.45, 2.75) is 25.3 Å². The number of likely N-dealkylation sites (tertiary alicyclic amines) is 1. The Balaban J connectivity index is 2.04. The summed E-state index contributed by atoms with van der Waals surface area (Å²) in [7, 11) is 2.10. The molecule has 8 heteroatoms. The average molecular weight is 280 g/mol. The molecular weight excluding hydrogens is 260 g/mol. The maximum atomic E-state index is 10.9. The Hall–Kier alpha value is -1.93. The summed E-state index contributed by atoms with van der Waals surface area (Å²) in [5.41, 5.74) is 2.31. The van der Waals surface area contributed by atoms with Crippen LogP contribution in [-0.4, -0.2) is 41.0 Å². The van der Waals surface area contributed by atoms with Gasteiger partial charge in [0.1, 0.15) is 11.6 Å². The summed E-state index contributed by atoms with van der Waals surface area (Å²) in [6.07, 6.45) is 3.57. The van der Waals surface area contributed by atoms with Gasteiger partial charge in [-0.05, 0) is 26.4 Å². The van der Waals surface area contributed by atoms with Gasteiger partial charge in [-0.15, -0.1) is 0 Å². The summed E-state index contributed by atoms with van der Waals surface area (Å²) in [6.45, 7) is 1.80. The third-order valence-electron chi connectivity index (χ3n) is 3.61. The number of nitrogen functional groups attached to an aromatic ring is 1. The standard InChI is InChI=1S/C12H20N6O2/c1-17-5-3-2-4-9(17)8-14-11-6-10(18(19)20)7-12(15-11)16-13/h6-7,9H,2-5,8,13H2,1H3,(H2,14,15,16). The van der Waals surface area contributed by atoms with Gasteiger partial charge in [-0.25, -0.2) is 10.8 Å². The minimum atomic E-state index is -0.458. The lowest BCUT2D eigenvalue weighted by molar-refractivity contribution is -0.384. The van der Waals surface area contributed by atoms with E-state index < -0.39 is 4.92 Å². The first-order valence-corrected chi connectivity index (χ1v) is 6.67. The molecule has 20 heavy (non-hydrogen) atoms. The highest BCUT2D eigenvalue weighted by Gasteiger charge is 2.19. The minimum Gasteiger partial charge on any atom is -0.368 e. The van der Waals surface area contributed by atoms with Gasteiger partial charge in [0.15, 0.2) is 0 Å². The second-order valence-electron chi connectivity index (χ2n) is 5.01. The van der Waals surface area contributed by atoms with Gasteiger partial charge in [-0.2, -0.15) is 0 Å². The monoisotopic (exact) mass is 280 g/mol. The molecule has 1 aromatic heterocycles. The number of aromatic nitrogens is 1. The number of likely N-dealkylation sites (N-methyl/N-ethyl adjacent to an activating group) is 1. The molecule has 2 heterocycles. The van der Waals surface area contributed by atoms with Gasteiger partial charge in [0, 0.05) is 12.6 Å². The molecular formula is C12H20N6O2. The number of anilines is 2. The van der Waals surface area contributed by atoms with Crippen molar-refractivity contribution in [2.75, 3.05) is 30.9 Å². The fraction of sp³-hybridized carbons (Fsp3) is 0.583. The minimum absolute atomic E-state index is 0.0348. The molecule has 1 aromatic rings. The van der Waals surface area contributed by atoms with Crippen molar-refractivity contribution >= 4 is 17.3 Å². The van der Waals surface area contributed by atoms with Crippen LogP contribution >= 0.6 is 0 Å². The maximum Gasteiger partial charge on any atom is 0.276 e. The van der Waals surface area contributed by atoms with Gasteiger partial charge in [0.25, 0.3) is 5.69 Å². The van der Waals surface area contributed by atoms with E-state index in [-0.39, 0.29) is 11.5 Å². The number of nitrogens with one attached hydrogen (secondary N) is 2. The van der Waals surface area contributed by atoms with Crippen molar-refractivity contribution in [2.24, 2.45) is 5.84 Å². The van der Waals surface area contributed by atoms with Gasteiger partial charge in [0.05, 0.1) is 17.1 Å². The van der Waals surface area contributed by atoms with E-state index in [0.29, 0.717) is 18.4 Å². The summed E-state index contributed by atoms with van der Waals surface area (Å²) in [5, 5.41) is 14.0. The quantitative estimate of drug-likeness (QED) is 0.422. The van der Waals surface area contributed by atoms with Crippen molar-refractivity contribution < 1.29 is 4.92 Å². The SMILES string of the molecule is CN1CCCCC1CNc1cc([N+](=O)[O-])cc(NN)n1. The van der Waals surface area contributed by atoms with Crippen molar-refractivity contribution in [1.82, 2.24) is 9.88 Å². The Kier molecular flexibility index (Phi) is 4.70. The van der Waals surface area contributed by atoms with E-state index in [1.807, 2.05) is 0 Å². The van der Waals surface area contributed by atoms with E-state index in [1.54, 1.807) is 0 Å². The largest absolute Gasteiger partial charge is 0.368 e. The van der Waals surface area contributed by atoms with Crippen LogP contribution in [0, 0.1) is 10.1 Å². The summed E-state index contributed by atoms with van der Waals surface area (Å²) < 4.78 is 0. The molecule has 4 N–H and O–H groups in total. The third-order valence-corrected chi connectivity index (χ3v) is 3.61. The van der Waals surface area contributed by atoms with Gasteiger partial charge in [0.2, 0.25) is 0 Å². The molecule has 0 aromatic carbocycles. The highest BCUT2D eigenvalue weighted by molar-refractivity contribution is 5.54. The van der Waals surface area contributed by atoms with Crippen molar-refractivity contribution in [1.29, 1.82) is 0 Å². The van der Waals surface area contributed by atoms with Crippen LogP contribution in [0.1, 0.15) is 19.3 Å². The topological polar surface area (TPSA) is 109 Å². The molecule has 1 aliphatic rings. The number of nitro groups is 1. The fourth-order valence-electron chi connectivity index (χ4n) is 2.41. The van der Waals surface area contributed by atoms with Crippen LogP contribution in [0.25, 0.3) is 0 Å². The van der Waals surface area contributed by atoms with Crippen molar-refractivity contribution in [3.05, 3.63) is 22.2 Å². The van der Waals surface area contributed by atoms with Crippen LogP contribution < -0.4 is 16.6 Å². The number of nitrogens with zero attached hydrogens (tertiary/aromatic N) is 3. The summed E-state index contributed by atoms with van der Waals surface area (Å²) in [6, 6.07) is 3.15. The van der Waals surface area contributed by atoms with Crippen LogP contribution in [0.5, 0.6) is 0 Å². The first-order valence-electron chi connectivity index (χ1n) is 6.67. The first kappa shape index (κ1) is 14.5. The van der Waals surface area contributed by atoms with E-state index in [4.69, 9.17) is 5.84 Å². The van der Waals surface area contributed by atoms with Gasteiger partial charge >= 0.3 is 0 Å². The fourth-order valence-corrected chi connectivity index (χ4v) is 2.41. The smallest absolute Gasteiger partial charge is 0.276 e. The molecule has 2 rings (SSSR count). The summed E-state index contributed by atoms with van der Waals surface area (Å²) in [4.78, 5) is 16.9. The molecule has 1 saturated heterocycles. The molecule has 0 aliphatic carbocycles. The Bertz CT molecular complexity index is 481. The molecule has 8 nitrogen and oxygen atoms in total. The maximum absolute atomic E-state index is 10.9. The number of pyridine rings is 1. The number of nitrogens with two attached hydrogens (primary N) is 1. The van der Waals surface area contributed by atoms with E-state index in [9.17, 15) is 10.1 Å². The lowest BCUT2D eigenvalue weighted by Crippen LogP contribution is -2.40. The molecule has 1 unspecified atom stereocenters.